The van der Waals surface area contributed by atoms with Gasteiger partial charge in [-0.05, 0) is 18.9 Å². The summed E-state index contributed by atoms with van der Waals surface area (Å²) in [6.45, 7) is 4.44. The Labute approximate surface area is 125 Å². The third-order valence-corrected chi connectivity index (χ3v) is 3.40. The van der Waals surface area contributed by atoms with Crippen LogP contribution in [-0.4, -0.2) is 40.2 Å². The molecule has 0 unspecified atom stereocenters. The molecule has 0 aliphatic rings. The molecule has 0 aliphatic heterocycles. The predicted octanol–water partition coefficient (Wildman–Crippen LogP) is 1.55. The van der Waals surface area contributed by atoms with Crippen molar-refractivity contribution in [3.63, 3.8) is 0 Å². The zero-order chi connectivity index (χ0) is 15.1. The quantitative estimate of drug-likeness (QED) is 0.840. The number of aromatic nitrogens is 2. The molecule has 1 aromatic carbocycles. The smallest absolute Gasteiger partial charge is 0.257 e. The molecule has 0 spiro atoms. The molecular formula is C16H22N4O. The van der Waals surface area contributed by atoms with E-state index in [-0.39, 0.29) is 5.91 Å². The molecule has 2 aromatic rings. The first-order valence-electron chi connectivity index (χ1n) is 7.30. The Morgan fingerprint density at radius 2 is 2.05 bits per heavy atom. The molecule has 0 fully saturated rings. The number of nitrogens with two attached hydrogens (primary N) is 1. The average Bonchev–Trinajstić information content (AvgIpc) is 3.01. The summed E-state index contributed by atoms with van der Waals surface area (Å²) >= 11 is 0. The van der Waals surface area contributed by atoms with Crippen LogP contribution in [-0.2, 0) is 13.0 Å². The van der Waals surface area contributed by atoms with Crippen LogP contribution in [0, 0.1) is 0 Å². The summed E-state index contributed by atoms with van der Waals surface area (Å²) in [4.78, 5) is 14.3. The summed E-state index contributed by atoms with van der Waals surface area (Å²) in [7, 11) is 0. The van der Waals surface area contributed by atoms with E-state index < -0.39 is 0 Å². The van der Waals surface area contributed by atoms with Gasteiger partial charge in [0.2, 0.25) is 0 Å². The fourth-order valence-corrected chi connectivity index (χ4v) is 2.21. The maximum Gasteiger partial charge on any atom is 0.257 e. The zero-order valence-corrected chi connectivity index (χ0v) is 12.4. The van der Waals surface area contributed by atoms with Crippen molar-refractivity contribution < 1.29 is 4.79 Å². The average molecular weight is 286 g/mol. The number of rotatable bonds is 7. The van der Waals surface area contributed by atoms with Crippen molar-refractivity contribution in [2.24, 2.45) is 5.73 Å². The summed E-state index contributed by atoms with van der Waals surface area (Å²) < 4.78 is 1.76. The van der Waals surface area contributed by atoms with Crippen LogP contribution in [0.25, 0.3) is 0 Å². The molecule has 0 atom stereocenters. The fourth-order valence-electron chi connectivity index (χ4n) is 2.21. The van der Waals surface area contributed by atoms with Crippen LogP contribution in [0.2, 0.25) is 0 Å². The number of hydrogen-bond acceptors (Lipinski definition) is 3. The van der Waals surface area contributed by atoms with E-state index in [9.17, 15) is 4.79 Å². The first-order chi connectivity index (χ1) is 10.2. The Hall–Kier alpha value is -2.14. The topological polar surface area (TPSA) is 64.2 Å². The molecular weight excluding hydrogens is 264 g/mol. The van der Waals surface area contributed by atoms with E-state index in [2.05, 4.69) is 17.2 Å². The third-order valence-electron chi connectivity index (χ3n) is 3.40. The van der Waals surface area contributed by atoms with Gasteiger partial charge in [-0.25, -0.2) is 0 Å². The maximum absolute atomic E-state index is 12.5. The summed E-state index contributed by atoms with van der Waals surface area (Å²) in [5, 5.41) is 4.15. The van der Waals surface area contributed by atoms with E-state index in [1.165, 1.54) is 5.56 Å². The lowest BCUT2D eigenvalue weighted by Crippen LogP contribution is -2.36. The Kier molecular flexibility index (Phi) is 5.51. The Morgan fingerprint density at radius 3 is 2.67 bits per heavy atom. The van der Waals surface area contributed by atoms with E-state index in [1.807, 2.05) is 25.1 Å². The fraction of sp³-hybridized carbons (Fsp3) is 0.375. The van der Waals surface area contributed by atoms with Crippen LogP contribution in [0.3, 0.4) is 0 Å². The summed E-state index contributed by atoms with van der Waals surface area (Å²) in [5.74, 6) is -0.00363. The molecule has 0 saturated heterocycles. The lowest BCUT2D eigenvalue weighted by molar-refractivity contribution is 0.0762. The SMILES string of the molecule is CCn1cc(C(=O)N(CCN)CCc2ccccc2)cn1. The minimum atomic E-state index is -0.00363. The first kappa shape index (κ1) is 15.3. The van der Waals surface area contributed by atoms with Gasteiger partial charge in [0.05, 0.1) is 11.8 Å². The molecule has 0 aliphatic carbocycles. The van der Waals surface area contributed by atoms with Gasteiger partial charge in [0.25, 0.3) is 5.91 Å². The van der Waals surface area contributed by atoms with Gasteiger partial charge in [0, 0.05) is 32.4 Å². The highest BCUT2D eigenvalue weighted by Crippen LogP contribution is 2.07. The summed E-state index contributed by atoms with van der Waals surface area (Å²) in [5.41, 5.74) is 7.47. The second-order valence-corrected chi connectivity index (χ2v) is 4.90. The number of aryl methyl sites for hydroxylation is 1. The molecule has 112 valence electrons. The molecule has 0 saturated carbocycles. The van der Waals surface area contributed by atoms with Crippen LogP contribution in [0.5, 0.6) is 0 Å². The minimum Gasteiger partial charge on any atom is -0.337 e. The standard InChI is InChI=1S/C16H22N4O/c1-2-20-13-15(12-18-20)16(21)19(11-9-17)10-8-14-6-4-3-5-7-14/h3-7,12-13H,2,8-11,17H2,1H3. The van der Waals surface area contributed by atoms with Gasteiger partial charge in [0.1, 0.15) is 0 Å². The van der Waals surface area contributed by atoms with E-state index >= 15 is 0 Å². The molecule has 2 rings (SSSR count). The maximum atomic E-state index is 12.5. The lowest BCUT2D eigenvalue weighted by atomic mass is 10.1. The van der Waals surface area contributed by atoms with Gasteiger partial charge in [-0.15, -0.1) is 0 Å². The van der Waals surface area contributed by atoms with Crippen molar-refractivity contribution in [1.82, 2.24) is 14.7 Å². The van der Waals surface area contributed by atoms with Crippen LogP contribution >= 0.6 is 0 Å². The van der Waals surface area contributed by atoms with Gasteiger partial charge >= 0.3 is 0 Å². The largest absolute Gasteiger partial charge is 0.337 e. The molecule has 2 N–H and O–H groups in total. The number of hydrogen-bond donors (Lipinski definition) is 1. The summed E-state index contributed by atoms with van der Waals surface area (Å²) in [6, 6.07) is 10.2. The molecule has 1 aromatic heterocycles. The highest BCUT2D eigenvalue weighted by atomic mass is 16.2. The monoisotopic (exact) mass is 286 g/mol. The van der Waals surface area contributed by atoms with E-state index in [4.69, 9.17) is 5.73 Å². The number of amides is 1. The van der Waals surface area contributed by atoms with Gasteiger partial charge in [-0.3, -0.25) is 9.48 Å². The van der Waals surface area contributed by atoms with Crippen molar-refractivity contribution in [3.8, 4) is 0 Å². The van der Waals surface area contributed by atoms with Gasteiger partial charge in [0.15, 0.2) is 0 Å². The first-order valence-corrected chi connectivity index (χ1v) is 7.30. The van der Waals surface area contributed by atoms with Gasteiger partial charge in [-0.1, -0.05) is 30.3 Å². The van der Waals surface area contributed by atoms with Gasteiger partial charge < -0.3 is 10.6 Å². The predicted molar refractivity (Wildman–Crippen MR) is 83.0 cm³/mol. The van der Waals surface area contributed by atoms with Crippen LogP contribution in [0.1, 0.15) is 22.8 Å². The molecule has 1 amide bonds. The Bertz CT molecular complexity index is 565. The second kappa shape index (κ2) is 7.59. The molecule has 0 radical (unpaired) electrons. The van der Waals surface area contributed by atoms with Gasteiger partial charge in [-0.2, -0.15) is 5.10 Å². The number of nitrogens with zero attached hydrogens (tertiary/aromatic N) is 3. The molecule has 1 heterocycles. The van der Waals surface area contributed by atoms with Crippen molar-refractivity contribution >= 4 is 5.91 Å². The van der Waals surface area contributed by atoms with Crippen LogP contribution < -0.4 is 5.73 Å². The van der Waals surface area contributed by atoms with Crippen LogP contribution in [0.4, 0.5) is 0 Å². The Balaban J connectivity index is 2.02. The Morgan fingerprint density at radius 1 is 1.29 bits per heavy atom. The number of carbonyl (C=O) groups excluding carboxylic acids is 1. The van der Waals surface area contributed by atoms with E-state index in [0.29, 0.717) is 25.2 Å². The highest BCUT2D eigenvalue weighted by molar-refractivity contribution is 5.93. The van der Waals surface area contributed by atoms with Crippen molar-refractivity contribution in [2.45, 2.75) is 19.9 Å². The number of benzene rings is 1. The van der Waals surface area contributed by atoms with Crippen molar-refractivity contribution in [2.75, 3.05) is 19.6 Å². The summed E-state index contributed by atoms with van der Waals surface area (Å²) in [6.07, 6.45) is 4.24. The molecule has 0 bridgehead atoms. The third kappa shape index (κ3) is 4.16. The molecule has 5 nitrogen and oxygen atoms in total. The number of carbonyl (C=O) groups is 1. The molecule has 5 heteroatoms. The second-order valence-electron chi connectivity index (χ2n) is 4.90. The zero-order valence-electron chi connectivity index (χ0n) is 12.4. The molecule has 21 heavy (non-hydrogen) atoms. The lowest BCUT2D eigenvalue weighted by Gasteiger charge is -2.21. The van der Waals surface area contributed by atoms with E-state index in [0.717, 1.165) is 13.0 Å². The highest BCUT2D eigenvalue weighted by Gasteiger charge is 2.16. The minimum absolute atomic E-state index is 0.00363. The normalized spacial score (nSPS) is 10.6. The van der Waals surface area contributed by atoms with Crippen molar-refractivity contribution in [1.29, 1.82) is 0 Å². The van der Waals surface area contributed by atoms with Crippen molar-refractivity contribution in [3.05, 3.63) is 53.9 Å². The van der Waals surface area contributed by atoms with Crippen LogP contribution in [0.15, 0.2) is 42.7 Å². The van der Waals surface area contributed by atoms with E-state index in [1.54, 1.807) is 22.0 Å².